The van der Waals surface area contributed by atoms with Gasteiger partial charge in [0.25, 0.3) is 5.69 Å². The SMILES string of the molecule is Cc1cc(=O)oc2cc(OC(=O)c3cc([N+](=O)[O-])ccc3I)ccc12. The lowest BCUT2D eigenvalue weighted by molar-refractivity contribution is -0.384. The van der Waals surface area contributed by atoms with Crippen molar-refractivity contribution in [1.82, 2.24) is 0 Å². The molecule has 7 nitrogen and oxygen atoms in total. The number of halogens is 1. The molecule has 0 amide bonds. The van der Waals surface area contributed by atoms with Gasteiger partial charge in [-0.15, -0.1) is 0 Å². The van der Waals surface area contributed by atoms with Gasteiger partial charge in [-0.3, -0.25) is 10.1 Å². The first-order valence-electron chi connectivity index (χ1n) is 7.06. The summed E-state index contributed by atoms with van der Waals surface area (Å²) in [7, 11) is 0. The Bertz CT molecular complexity index is 1070. The zero-order valence-corrected chi connectivity index (χ0v) is 15.0. The number of hydrogen-bond acceptors (Lipinski definition) is 6. The van der Waals surface area contributed by atoms with Crippen LogP contribution in [0.3, 0.4) is 0 Å². The maximum Gasteiger partial charge on any atom is 0.344 e. The van der Waals surface area contributed by atoms with Gasteiger partial charge in [-0.2, -0.15) is 0 Å². The Morgan fingerprint density at radius 2 is 1.96 bits per heavy atom. The molecule has 2 aromatic carbocycles. The zero-order chi connectivity index (χ0) is 18.1. The Balaban J connectivity index is 1.96. The number of esters is 1. The van der Waals surface area contributed by atoms with Crippen LogP contribution in [0.1, 0.15) is 15.9 Å². The topological polar surface area (TPSA) is 99.7 Å². The van der Waals surface area contributed by atoms with Crippen molar-refractivity contribution in [2.45, 2.75) is 6.92 Å². The molecule has 0 unspecified atom stereocenters. The molecule has 0 radical (unpaired) electrons. The second-order valence-corrected chi connectivity index (χ2v) is 6.38. The summed E-state index contributed by atoms with van der Waals surface area (Å²) in [6.07, 6.45) is 0. The van der Waals surface area contributed by atoms with E-state index in [0.717, 1.165) is 17.0 Å². The third-order valence-electron chi connectivity index (χ3n) is 3.51. The Labute approximate surface area is 154 Å². The normalized spacial score (nSPS) is 10.6. The van der Waals surface area contributed by atoms with Crippen molar-refractivity contribution in [3.05, 3.63) is 77.7 Å². The molecule has 0 N–H and O–H groups in total. The number of nitrogens with zero attached hydrogens (tertiary/aromatic N) is 1. The number of hydrogen-bond donors (Lipinski definition) is 0. The molecule has 0 aliphatic rings. The van der Waals surface area contributed by atoms with Gasteiger partial charge in [0.2, 0.25) is 0 Å². The molecule has 0 saturated heterocycles. The second kappa shape index (κ2) is 6.63. The molecule has 3 aromatic rings. The molecule has 0 aliphatic heterocycles. The highest BCUT2D eigenvalue weighted by molar-refractivity contribution is 14.1. The first-order valence-corrected chi connectivity index (χ1v) is 8.13. The van der Waals surface area contributed by atoms with Crippen molar-refractivity contribution in [3.63, 3.8) is 0 Å². The number of benzene rings is 2. The van der Waals surface area contributed by atoms with Gasteiger partial charge in [-0.1, -0.05) is 0 Å². The lowest BCUT2D eigenvalue weighted by Gasteiger charge is -2.07. The summed E-state index contributed by atoms with van der Waals surface area (Å²) in [5.41, 5.74) is 0.427. The molecular formula is C17H10INO6. The van der Waals surface area contributed by atoms with Gasteiger partial charge in [0.15, 0.2) is 0 Å². The van der Waals surface area contributed by atoms with Crippen LogP contribution in [0.25, 0.3) is 11.0 Å². The predicted molar refractivity (Wildman–Crippen MR) is 98.0 cm³/mol. The highest BCUT2D eigenvalue weighted by atomic mass is 127. The number of rotatable bonds is 3. The number of carbonyl (C=O) groups excluding carboxylic acids is 1. The Morgan fingerprint density at radius 3 is 2.68 bits per heavy atom. The summed E-state index contributed by atoms with van der Waals surface area (Å²) in [5.74, 6) is -0.559. The van der Waals surface area contributed by atoms with Crippen LogP contribution < -0.4 is 10.4 Å². The van der Waals surface area contributed by atoms with E-state index >= 15 is 0 Å². The van der Waals surface area contributed by atoms with Crippen LogP contribution in [0.15, 0.2) is 51.7 Å². The summed E-state index contributed by atoms with van der Waals surface area (Å²) in [4.78, 5) is 34.1. The maximum absolute atomic E-state index is 12.3. The lowest BCUT2D eigenvalue weighted by atomic mass is 10.1. The van der Waals surface area contributed by atoms with E-state index in [1.165, 1.54) is 24.3 Å². The zero-order valence-electron chi connectivity index (χ0n) is 12.8. The van der Waals surface area contributed by atoms with Gasteiger partial charge in [-0.25, -0.2) is 9.59 Å². The monoisotopic (exact) mass is 451 g/mol. The van der Waals surface area contributed by atoms with Crippen LogP contribution in [0.2, 0.25) is 0 Å². The minimum absolute atomic E-state index is 0.0839. The maximum atomic E-state index is 12.3. The summed E-state index contributed by atoms with van der Waals surface area (Å²) in [5, 5.41) is 11.6. The third-order valence-corrected chi connectivity index (χ3v) is 4.45. The Kier molecular flexibility index (Phi) is 4.53. The first-order chi connectivity index (χ1) is 11.8. The molecule has 0 saturated carbocycles. The van der Waals surface area contributed by atoms with E-state index in [2.05, 4.69) is 0 Å². The first kappa shape index (κ1) is 17.1. The quantitative estimate of drug-likeness (QED) is 0.150. The van der Waals surface area contributed by atoms with Crippen LogP contribution >= 0.6 is 22.6 Å². The number of carbonyl (C=O) groups is 1. The standard InChI is InChI=1S/C17H10INO6/c1-9-6-16(20)25-15-8-11(3-4-12(9)15)24-17(21)13-7-10(19(22)23)2-5-14(13)18/h2-8H,1H3. The summed E-state index contributed by atoms with van der Waals surface area (Å²) in [6, 6.07) is 10.00. The van der Waals surface area contributed by atoms with Crippen LogP contribution in [0.5, 0.6) is 5.75 Å². The molecule has 0 atom stereocenters. The van der Waals surface area contributed by atoms with E-state index < -0.39 is 16.5 Å². The van der Waals surface area contributed by atoms with Crippen molar-refractivity contribution in [2.24, 2.45) is 0 Å². The second-order valence-electron chi connectivity index (χ2n) is 5.22. The van der Waals surface area contributed by atoms with Gasteiger partial charge in [0.1, 0.15) is 11.3 Å². The number of fused-ring (bicyclic) bond motifs is 1. The molecule has 126 valence electrons. The molecule has 1 aromatic heterocycles. The molecular weight excluding hydrogens is 441 g/mol. The highest BCUT2D eigenvalue weighted by Crippen LogP contribution is 2.25. The lowest BCUT2D eigenvalue weighted by Crippen LogP contribution is -2.11. The molecule has 8 heteroatoms. The number of nitro groups is 1. The number of aryl methyl sites for hydroxylation is 1. The molecule has 0 bridgehead atoms. The minimum Gasteiger partial charge on any atom is -0.423 e. The number of non-ortho nitro benzene ring substituents is 1. The van der Waals surface area contributed by atoms with Crippen molar-refractivity contribution in [2.75, 3.05) is 0 Å². The largest absolute Gasteiger partial charge is 0.423 e. The van der Waals surface area contributed by atoms with E-state index in [1.807, 2.05) is 22.6 Å². The van der Waals surface area contributed by atoms with Crippen LogP contribution in [0.4, 0.5) is 5.69 Å². The van der Waals surface area contributed by atoms with E-state index in [0.29, 0.717) is 9.15 Å². The summed E-state index contributed by atoms with van der Waals surface area (Å²) < 4.78 is 10.9. The van der Waals surface area contributed by atoms with E-state index in [4.69, 9.17) is 9.15 Å². The average Bonchev–Trinajstić information content (AvgIpc) is 2.54. The van der Waals surface area contributed by atoms with Crippen molar-refractivity contribution in [1.29, 1.82) is 0 Å². The predicted octanol–water partition coefficient (Wildman–Crippen LogP) is 3.83. The molecule has 3 rings (SSSR count). The fourth-order valence-corrected chi connectivity index (χ4v) is 2.87. The number of ether oxygens (including phenoxy) is 1. The van der Waals surface area contributed by atoms with E-state index in [-0.39, 0.29) is 17.0 Å². The van der Waals surface area contributed by atoms with Gasteiger partial charge in [-0.05, 0) is 53.3 Å². The third kappa shape index (κ3) is 3.53. The van der Waals surface area contributed by atoms with Crippen molar-refractivity contribution >= 4 is 45.2 Å². The Morgan fingerprint density at radius 1 is 1.20 bits per heavy atom. The summed E-state index contributed by atoms with van der Waals surface area (Å²) >= 11 is 1.90. The average molecular weight is 451 g/mol. The van der Waals surface area contributed by atoms with Gasteiger partial charge in [0.05, 0.1) is 10.5 Å². The molecule has 25 heavy (non-hydrogen) atoms. The highest BCUT2D eigenvalue weighted by Gasteiger charge is 2.18. The molecule has 1 heterocycles. The molecule has 0 spiro atoms. The van der Waals surface area contributed by atoms with Crippen molar-refractivity contribution in [3.8, 4) is 5.75 Å². The smallest absolute Gasteiger partial charge is 0.344 e. The fraction of sp³-hybridized carbons (Fsp3) is 0.0588. The van der Waals surface area contributed by atoms with E-state index in [1.54, 1.807) is 19.1 Å². The van der Waals surface area contributed by atoms with Crippen molar-refractivity contribution < 1.29 is 18.9 Å². The van der Waals surface area contributed by atoms with E-state index in [9.17, 15) is 19.7 Å². The summed E-state index contributed by atoms with van der Waals surface area (Å²) in [6.45, 7) is 1.77. The fourth-order valence-electron chi connectivity index (χ4n) is 2.31. The van der Waals surface area contributed by atoms with Gasteiger partial charge < -0.3 is 9.15 Å². The molecule has 0 aliphatic carbocycles. The molecule has 0 fully saturated rings. The van der Waals surface area contributed by atoms with Crippen LogP contribution in [-0.2, 0) is 0 Å². The van der Waals surface area contributed by atoms with Crippen LogP contribution in [0, 0.1) is 20.6 Å². The Hall–Kier alpha value is -2.75. The van der Waals surface area contributed by atoms with Gasteiger partial charge >= 0.3 is 11.6 Å². The number of nitro benzene ring substituents is 1. The van der Waals surface area contributed by atoms with Crippen LogP contribution in [-0.4, -0.2) is 10.9 Å². The van der Waals surface area contributed by atoms with Gasteiger partial charge in [0, 0.05) is 33.2 Å². The minimum atomic E-state index is -0.734.